The number of nitrogens with one attached hydrogen (secondary N) is 2. The summed E-state index contributed by atoms with van der Waals surface area (Å²) in [6, 6.07) is 8.42. The Labute approximate surface area is 146 Å². The van der Waals surface area contributed by atoms with E-state index in [2.05, 4.69) is 60.7 Å². The highest BCUT2D eigenvalue weighted by molar-refractivity contribution is 7.14. The summed E-state index contributed by atoms with van der Waals surface area (Å²) < 4.78 is 5.45. The van der Waals surface area contributed by atoms with Crippen molar-refractivity contribution in [3.8, 4) is 11.3 Å². The number of anilines is 1. The Balaban J connectivity index is 1.67. The minimum absolute atomic E-state index is 0.133. The van der Waals surface area contributed by atoms with Gasteiger partial charge in [0, 0.05) is 24.0 Å². The van der Waals surface area contributed by atoms with E-state index in [4.69, 9.17) is 4.74 Å². The molecule has 0 aliphatic carbocycles. The lowest BCUT2D eigenvalue weighted by molar-refractivity contribution is -0.128. The van der Waals surface area contributed by atoms with Crippen molar-refractivity contribution in [2.45, 2.75) is 32.3 Å². The number of hydrogen-bond donors (Lipinski definition) is 2. The van der Waals surface area contributed by atoms with E-state index in [1.807, 2.05) is 5.38 Å². The van der Waals surface area contributed by atoms with Crippen molar-refractivity contribution < 1.29 is 9.53 Å². The van der Waals surface area contributed by atoms with Crippen LogP contribution in [0.15, 0.2) is 29.6 Å². The van der Waals surface area contributed by atoms with E-state index in [1.165, 1.54) is 16.9 Å². The molecule has 2 heterocycles. The summed E-state index contributed by atoms with van der Waals surface area (Å²) in [6.45, 7) is 8.47. The Morgan fingerprint density at radius 2 is 2.08 bits per heavy atom. The highest BCUT2D eigenvalue weighted by Gasteiger charge is 2.22. The molecule has 0 bridgehead atoms. The summed E-state index contributed by atoms with van der Waals surface area (Å²) in [7, 11) is 0. The van der Waals surface area contributed by atoms with Gasteiger partial charge in [-0.15, -0.1) is 11.3 Å². The van der Waals surface area contributed by atoms with Gasteiger partial charge in [0.2, 0.25) is 0 Å². The standard InChI is InChI=1S/C18H23N3O2S/c1-18(2,3)13-6-4-12(5-7-13)14-11-24-17(20-14)21-16(22)15-10-19-8-9-23-15/h4-7,11,15,19H,8-10H2,1-3H3,(H,20,21,22)/t15-/m1/s1. The number of amides is 1. The van der Waals surface area contributed by atoms with Crippen LogP contribution in [-0.4, -0.2) is 36.7 Å². The maximum atomic E-state index is 12.2. The van der Waals surface area contributed by atoms with E-state index in [0.29, 0.717) is 18.3 Å². The van der Waals surface area contributed by atoms with Gasteiger partial charge in [0.05, 0.1) is 12.3 Å². The zero-order chi connectivity index (χ0) is 17.2. The average molecular weight is 345 g/mol. The highest BCUT2D eigenvalue weighted by Crippen LogP contribution is 2.28. The number of ether oxygens (including phenoxy) is 1. The number of thiazole rings is 1. The number of rotatable bonds is 3. The summed E-state index contributed by atoms with van der Waals surface area (Å²) in [5, 5.41) is 8.55. The molecule has 1 aliphatic heterocycles. The normalized spacial score (nSPS) is 18.4. The van der Waals surface area contributed by atoms with E-state index >= 15 is 0 Å². The van der Waals surface area contributed by atoms with Gasteiger partial charge >= 0.3 is 0 Å². The number of carbonyl (C=O) groups excluding carboxylic acids is 1. The molecule has 0 saturated carbocycles. The first-order valence-electron chi connectivity index (χ1n) is 8.13. The van der Waals surface area contributed by atoms with Crippen LogP contribution in [0.5, 0.6) is 0 Å². The molecule has 1 fully saturated rings. The van der Waals surface area contributed by atoms with Gasteiger partial charge < -0.3 is 10.1 Å². The van der Waals surface area contributed by atoms with Gasteiger partial charge in [-0.25, -0.2) is 4.98 Å². The Hall–Kier alpha value is -1.76. The monoisotopic (exact) mass is 345 g/mol. The summed E-state index contributed by atoms with van der Waals surface area (Å²) in [5.41, 5.74) is 3.35. The number of nitrogens with zero attached hydrogens (tertiary/aromatic N) is 1. The molecule has 1 atom stereocenters. The molecule has 1 aromatic heterocycles. The quantitative estimate of drug-likeness (QED) is 0.897. The Morgan fingerprint density at radius 1 is 1.33 bits per heavy atom. The molecule has 1 saturated heterocycles. The average Bonchev–Trinajstić information content (AvgIpc) is 3.03. The molecule has 1 amide bonds. The fourth-order valence-corrected chi connectivity index (χ4v) is 3.25. The van der Waals surface area contributed by atoms with E-state index in [-0.39, 0.29) is 11.3 Å². The number of benzene rings is 1. The van der Waals surface area contributed by atoms with E-state index in [9.17, 15) is 4.79 Å². The third kappa shape index (κ3) is 4.01. The van der Waals surface area contributed by atoms with Crippen molar-refractivity contribution in [1.82, 2.24) is 10.3 Å². The molecule has 1 aliphatic rings. The SMILES string of the molecule is CC(C)(C)c1ccc(-c2csc(NC(=O)[C@H]3CNCCO3)n2)cc1. The lowest BCUT2D eigenvalue weighted by atomic mass is 9.86. The van der Waals surface area contributed by atoms with Crippen LogP contribution in [0.1, 0.15) is 26.3 Å². The Morgan fingerprint density at radius 3 is 2.71 bits per heavy atom. The van der Waals surface area contributed by atoms with Crippen LogP contribution in [0.2, 0.25) is 0 Å². The number of hydrogen-bond acceptors (Lipinski definition) is 5. The van der Waals surface area contributed by atoms with Crippen molar-refractivity contribution in [3.63, 3.8) is 0 Å². The van der Waals surface area contributed by atoms with Crippen LogP contribution in [0.4, 0.5) is 5.13 Å². The van der Waals surface area contributed by atoms with E-state index < -0.39 is 6.10 Å². The first-order valence-corrected chi connectivity index (χ1v) is 9.01. The van der Waals surface area contributed by atoms with Crippen molar-refractivity contribution in [1.29, 1.82) is 0 Å². The molecule has 6 heteroatoms. The molecule has 5 nitrogen and oxygen atoms in total. The van der Waals surface area contributed by atoms with Gasteiger partial charge in [0.1, 0.15) is 6.10 Å². The van der Waals surface area contributed by atoms with Gasteiger partial charge in [0.15, 0.2) is 5.13 Å². The molecule has 0 spiro atoms. The summed E-state index contributed by atoms with van der Waals surface area (Å²) in [5.74, 6) is -0.147. The molecular formula is C18H23N3O2S. The number of aromatic nitrogens is 1. The van der Waals surface area contributed by atoms with Crippen LogP contribution < -0.4 is 10.6 Å². The van der Waals surface area contributed by atoms with Crippen LogP contribution >= 0.6 is 11.3 Å². The van der Waals surface area contributed by atoms with Gasteiger partial charge in [0.25, 0.3) is 5.91 Å². The summed E-state index contributed by atoms with van der Waals surface area (Å²) in [4.78, 5) is 16.7. The molecule has 0 unspecified atom stereocenters. The van der Waals surface area contributed by atoms with E-state index in [1.54, 1.807) is 0 Å². The second kappa shape index (κ2) is 7.01. The molecule has 128 valence electrons. The first-order chi connectivity index (χ1) is 11.4. The second-order valence-corrected chi connectivity index (χ2v) is 7.78. The van der Waals surface area contributed by atoms with Crippen molar-refractivity contribution in [3.05, 3.63) is 35.2 Å². The van der Waals surface area contributed by atoms with Gasteiger partial charge in [-0.2, -0.15) is 0 Å². The smallest absolute Gasteiger partial charge is 0.256 e. The molecule has 24 heavy (non-hydrogen) atoms. The van der Waals surface area contributed by atoms with Gasteiger partial charge in [-0.05, 0) is 11.0 Å². The van der Waals surface area contributed by atoms with Crippen LogP contribution in [0.3, 0.4) is 0 Å². The molecule has 0 radical (unpaired) electrons. The minimum atomic E-state index is -0.447. The largest absolute Gasteiger partial charge is 0.366 e. The lowest BCUT2D eigenvalue weighted by Crippen LogP contribution is -2.45. The Bertz CT molecular complexity index is 698. The maximum Gasteiger partial charge on any atom is 0.256 e. The lowest BCUT2D eigenvalue weighted by Gasteiger charge is -2.22. The fourth-order valence-electron chi connectivity index (χ4n) is 2.52. The summed E-state index contributed by atoms with van der Waals surface area (Å²) in [6.07, 6.45) is -0.447. The maximum absolute atomic E-state index is 12.2. The van der Waals surface area contributed by atoms with E-state index in [0.717, 1.165) is 17.8 Å². The fraction of sp³-hybridized carbons (Fsp3) is 0.444. The van der Waals surface area contributed by atoms with Crippen molar-refractivity contribution in [2.24, 2.45) is 0 Å². The predicted octanol–water partition coefficient (Wildman–Crippen LogP) is 3.03. The zero-order valence-electron chi connectivity index (χ0n) is 14.3. The number of carbonyl (C=O) groups is 1. The van der Waals surface area contributed by atoms with Gasteiger partial charge in [-0.1, -0.05) is 45.0 Å². The third-order valence-electron chi connectivity index (χ3n) is 4.00. The minimum Gasteiger partial charge on any atom is -0.366 e. The predicted molar refractivity (Wildman–Crippen MR) is 97.5 cm³/mol. The zero-order valence-corrected chi connectivity index (χ0v) is 15.1. The molecular weight excluding hydrogens is 322 g/mol. The number of morpholine rings is 1. The molecule has 2 N–H and O–H groups in total. The topological polar surface area (TPSA) is 63.2 Å². The molecule has 1 aromatic carbocycles. The second-order valence-electron chi connectivity index (χ2n) is 6.92. The highest BCUT2D eigenvalue weighted by atomic mass is 32.1. The molecule has 2 aromatic rings. The third-order valence-corrected chi connectivity index (χ3v) is 4.76. The Kier molecular flexibility index (Phi) is 4.99. The van der Waals surface area contributed by atoms with Gasteiger partial charge in [-0.3, -0.25) is 10.1 Å². The van der Waals surface area contributed by atoms with Crippen LogP contribution in [-0.2, 0) is 14.9 Å². The van der Waals surface area contributed by atoms with Crippen LogP contribution in [0.25, 0.3) is 11.3 Å². The first kappa shape index (κ1) is 17.1. The summed E-state index contributed by atoms with van der Waals surface area (Å²) >= 11 is 1.43. The van der Waals surface area contributed by atoms with Crippen LogP contribution in [0, 0.1) is 0 Å². The van der Waals surface area contributed by atoms with Crippen molar-refractivity contribution in [2.75, 3.05) is 25.0 Å². The molecule has 3 rings (SSSR count). The van der Waals surface area contributed by atoms with Crippen molar-refractivity contribution >= 4 is 22.4 Å².